The van der Waals surface area contributed by atoms with Gasteiger partial charge in [0.15, 0.2) is 0 Å². The fourth-order valence-corrected chi connectivity index (χ4v) is 1.66. The van der Waals surface area contributed by atoms with Gasteiger partial charge in [-0.25, -0.2) is 0 Å². The molecule has 0 atom stereocenters. The number of hydrogen-bond donors (Lipinski definition) is 0. The minimum atomic E-state index is -0.149. The molecule has 1 aromatic rings. The Morgan fingerprint density at radius 2 is 1.88 bits per heavy atom. The molecule has 0 bridgehead atoms. The van der Waals surface area contributed by atoms with E-state index in [4.69, 9.17) is 4.74 Å². The molecule has 0 aliphatic carbocycles. The first-order valence-electron chi connectivity index (χ1n) is 5.79. The van der Waals surface area contributed by atoms with Crippen molar-refractivity contribution >= 4 is 6.08 Å². The zero-order valence-electron chi connectivity index (χ0n) is 11.0. The third-order valence-corrected chi connectivity index (χ3v) is 2.32. The summed E-state index contributed by atoms with van der Waals surface area (Å²) in [6, 6.07) is 6.20. The van der Waals surface area contributed by atoms with E-state index in [1.165, 1.54) is 11.1 Å². The Balaban J connectivity index is 3.07. The highest BCUT2D eigenvalue weighted by Gasteiger charge is 2.13. The summed E-state index contributed by atoms with van der Waals surface area (Å²) < 4.78 is 5.86. The van der Waals surface area contributed by atoms with Crippen molar-refractivity contribution in [3.05, 3.63) is 35.9 Å². The van der Waals surface area contributed by atoms with Gasteiger partial charge in [0.2, 0.25) is 0 Å². The van der Waals surface area contributed by atoms with Crippen molar-refractivity contribution in [1.29, 1.82) is 0 Å². The molecule has 0 heterocycles. The molecule has 0 N–H and O–H groups in total. The van der Waals surface area contributed by atoms with Crippen molar-refractivity contribution in [3.8, 4) is 5.75 Å². The van der Waals surface area contributed by atoms with E-state index in [1.807, 2.05) is 12.1 Å². The van der Waals surface area contributed by atoms with E-state index >= 15 is 0 Å². The zero-order chi connectivity index (χ0) is 12.3. The molecule has 0 saturated heterocycles. The molecule has 1 heteroatoms. The predicted octanol–water partition coefficient (Wildman–Crippen LogP) is 4.63. The van der Waals surface area contributed by atoms with Gasteiger partial charge in [0.05, 0.1) is 0 Å². The summed E-state index contributed by atoms with van der Waals surface area (Å²) >= 11 is 0. The summed E-state index contributed by atoms with van der Waals surface area (Å²) in [4.78, 5) is 0. The maximum Gasteiger partial charge on any atom is 0.120 e. The highest BCUT2D eigenvalue weighted by atomic mass is 16.5. The first kappa shape index (κ1) is 12.8. The predicted molar refractivity (Wildman–Crippen MR) is 71.0 cm³/mol. The second-order valence-corrected chi connectivity index (χ2v) is 5.36. The van der Waals surface area contributed by atoms with Crippen LogP contribution in [0.3, 0.4) is 0 Å². The normalized spacial score (nSPS) is 11.6. The van der Waals surface area contributed by atoms with Crippen LogP contribution < -0.4 is 4.74 Å². The van der Waals surface area contributed by atoms with Crippen LogP contribution in [0, 0.1) is 0 Å². The van der Waals surface area contributed by atoms with E-state index in [0.717, 1.165) is 5.75 Å². The van der Waals surface area contributed by atoms with Crippen LogP contribution in [0.4, 0.5) is 0 Å². The summed E-state index contributed by atoms with van der Waals surface area (Å²) in [6.45, 7) is 14.4. The smallest absolute Gasteiger partial charge is 0.120 e. The van der Waals surface area contributed by atoms with Gasteiger partial charge < -0.3 is 4.74 Å². The lowest BCUT2D eigenvalue weighted by atomic mass is 9.97. The molecule has 1 nitrogen and oxygen atoms in total. The molecule has 1 rings (SSSR count). The van der Waals surface area contributed by atoms with E-state index in [1.54, 1.807) is 0 Å². The van der Waals surface area contributed by atoms with Crippen LogP contribution >= 0.6 is 0 Å². The van der Waals surface area contributed by atoms with Gasteiger partial charge in [0, 0.05) is 0 Å². The van der Waals surface area contributed by atoms with Crippen molar-refractivity contribution in [2.45, 2.75) is 46.1 Å². The third-order valence-electron chi connectivity index (χ3n) is 2.32. The van der Waals surface area contributed by atoms with Gasteiger partial charge in [-0.15, -0.1) is 0 Å². The van der Waals surface area contributed by atoms with Gasteiger partial charge in [0.25, 0.3) is 0 Å². The van der Waals surface area contributed by atoms with E-state index in [-0.39, 0.29) is 5.60 Å². The second-order valence-electron chi connectivity index (χ2n) is 5.36. The fourth-order valence-electron chi connectivity index (χ4n) is 1.66. The number of rotatable bonds is 3. The van der Waals surface area contributed by atoms with Crippen LogP contribution in [0.15, 0.2) is 24.8 Å². The van der Waals surface area contributed by atoms with E-state index < -0.39 is 0 Å². The molecule has 0 fully saturated rings. The van der Waals surface area contributed by atoms with Crippen molar-refractivity contribution in [3.63, 3.8) is 0 Å². The lowest BCUT2D eigenvalue weighted by Crippen LogP contribution is -2.23. The minimum Gasteiger partial charge on any atom is -0.488 e. The fraction of sp³-hybridized carbons (Fsp3) is 0.467. The Hall–Kier alpha value is -1.24. The monoisotopic (exact) mass is 218 g/mol. The van der Waals surface area contributed by atoms with Gasteiger partial charge in [-0.1, -0.05) is 32.6 Å². The van der Waals surface area contributed by atoms with Crippen molar-refractivity contribution < 1.29 is 4.74 Å². The summed E-state index contributed by atoms with van der Waals surface area (Å²) in [5.41, 5.74) is 2.33. The van der Waals surface area contributed by atoms with E-state index in [2.05, 4.69) is 53.3 Å². The highest BCUT2D eigenvalue weighted by molar-refractivity contribution is 5.55. The highest BCUT2D eigenvalue weighted by Crippen LogP contribution is 2.27. The average Bonchev–Trinajstić information content (AvgIpc) is 2.15. The average molecular weight is 218 g/mol. The number of ether oxygens (including phenoxy) is 1. The first-order chi connectivity index (χ1) is 7.33. The molecule has 0 spiro atoms. The molecule has 1 aromatic carbocycles. The minimum absolute atomic E-state index is 0.149. The molecular formula is C15H22O. The molecule has 0 unspecified atom stereocenters. The molecule has 88 valence electrons. The Kier molecular flexibility index (Phi) is 3.79. The summed E-state index contributed by atoms with van der Waals surface area (Å²) in [5.74, 6) is 1.42. The second kappa shape index (κ2) is 4.73. The SMILES string of the molecule is C=Cc1ccc(OC(C)(C)C)cc1C(C)C. The van der Waals surface area contributed by atoms with Crippen LogP contribution in [-0.4, -0.2) is 5.60 Å². The largest absolute Gasteiger partial charge is 0.488 e. The molecule has 0 amide bonds. The van der Waals surface area contributed by atoms with Gasteiger partial charge in [0.1, 0.15) is 11.4 Å². The van der Waals surface area contributed by atoms with Crippen LogP contribution in [0.2, 0.25) is 0 Å². The van der Waals surface area contributed by atoms with Crippen LogP contribution in [0.5, 0.6) is 5.75 Å². The molecule has 0 aromatic heterocycles. The maximum absolute atomic E-state index is 5.86. The van der Waals surface area contributed by atoms with Crippen LogP contribution in [0.25, 0.3) is 6.08 Å². The molecule has 16 heavy (non-hydrogen) atoms. The van der Waals surface area contributed by atoms with Gasteiger partial charge in [-0.2, -0.15) is 0 Å². The Bertz CT molecular complexity index is 370. The number of benzene rings is 1. The quantitative estimate of drug-likeness (QED) is 0.718. The van der Waals surface area contributed by atoms with E-state index in [9.17, 15) is 0 Å². The third kappa shape index (κ3) is 3.41. The van der Waals surface area contributed by atoms with Crippen LogP contribution in [0.1, 0.15) is 51.7 Å². The molecule has 0 radical (unpaired) electrons. The Morgan fingerprint density at radius 3 is 2.31 bits per heavy atom. The maximum atomic E-state index is 5.86. The standard InChI is InChI=1S/C15H22O/c1-7-12-8-9-13(16-15(4,5)6)10-14(12)11(2)3/h7-11H,1H2,2-6H3. The summed E-state index contributed by atoms with van der Waals surface area (Å²) in [5, 5.41) is 0. The lowest BCUT2D eigenvalue weighted by Gasteiger charge is -2.22. The first-order valence-corrected chi connectivity index (χ1v) is 5.79. The van der Waals surface area contributed by atoms with Gasteiger partial charge in [-0.05, 0) is 49.9 Å². The molecular weight excluding hydrogens is 196 g/mol. The molecule has 0 aliphatic heterocycles. The lowest BCUT2D eigenvalue weighted by molar-refractivity contribution is 0.131. The van der Waals surface area contributed by atoms with Crippen LogP contribution in [-0.2, 0) is 0 Å². The number of hydrogen-bond acceptors (Lipinski definition) is 1. The van der Waals surface area contributed by atoms with Crippen molar-refractivity contribution in [1.82, 2.24) is 0 Å². The zero-order valence-corrected chi connectivity index (χ0v) is 11.0. The van der Waals surface area contributed by atoms with Crippen molar-refractivity contribution in [2.24, 2.45) is 0 Å². The van der Waals surface area contributed by atoms with E-state index in [0.29, 0.717) is 5.92 Å². The van der Waals surface area contributed by atoms with Gasteiger partial charge in [-0.3, -0.25) is 0 Å². The topological polar surface area (TPSA) is 9.23 Å². The molecule has 0 aliphatic rings. The Labute approximate surface area is 99.1 Å². The summed E-state index contributed by atoms with van der Waals surface area (Å²) in [7, 11) is 0. The Morgan fingerprint density at radius 1 is 1.25 bits per heavy atom. The molecule has 0 saturated carbocycles. The van der Waals surface area contributed by atoms with Gasteiger partial charge >= 0.3 is 0 Å². The van der Waals surface area contributed by atoms with Crippen molar-refractivity contribution in [2.75, 3.05) is 0 Å². The summed E-state index contributed by atoms with van der Waals surface area (Å²) in [6.07, 6.45) is 1.90.